The third-order valence-corrected chi connectivity index (χ3v) is 0.554. The van der Waals surface area contributed by atoms with E-state index in [-0.39, 0.29) is 6.42 Å². The van der Waals surface area contributed by atoms with Crippen LogP contribution in [0.2, 0.25) is 0 Å². The predicted molar refractivity (Wildman–Crippen MR) is 25.7 cm³/mol. The fraction of sp³-hybridized carbons (Fsp3) is 0.667. The van der Waals surface area contributed by atoms with Crippen molar-refractivity contribution in [2.24, 2.45) is 0 Å². The maximum absolute atomic E-state index is 7.82. The van der Waals surface area contributed by atoms with Gasteiger partial charge in [0, 0.05) is 0 Å². The lowest BCUT2D eigenvalue weighted by molar-refractivity contribution is 1.16. The van der Waals surface area contributed by atoms with E-state index >= 15 is 0 Å². The maximum Gasteiger partial charge on any atom is 0.120 e. The Labute approximate surface area is 46.5 Å². The van der Waals surface area contributed by atoms with Gasteiger partial charge in [-0.1, -0.05) is 0 Å². The van der Waals surface area contributed by atoms with Crippen LogP contribution < -0.4 is 0 Å². The first-order valence-electron chi connectivity index (χ1n) is 1.42. The zero-order valence-corrected chi connectivity index (χ0v) is 4.50. The molecule has 0 rings (SSSR count). The molecule has 34 valence electrons. The van der Waals surface area contributed by atoms with Crippen LogP contribution in [0.4, 0.5) is 0 Å². The molecule has 0 aliphatic rings. The van der Waals surface area contributed by atoms with E-state index < -0.39 is 4.84 Å². The summed E-state index contributed by atoms with van der Waals surface area (Å²) < 4.78 is 0. The van der Waals surface area contributed by atoms with Gasteiger partial charge in [-0.25, -0.2) is 0 Å². The summed E-state index contributed by atoms with van der Waals surface area (Å²) in [6.07, 6.45) is 0.211. The minimum absolute atomic E-state index is 0.211. The van der Waals surface area contributed by atoms with Gasteiger partial charge in [0.1, 0.15) is 4.84 Å². The van der Waals surface area contributed by atoms with Crippen LogP contribution >= 0.6 is 23.2 Å². The van der Waals surface area contributed by atoms with Gasteiger partial charge in [0.25, 0.3) is 0 Å². The summed E-state index contributed by atoms with van der Waals surface area (Å²) in [4.78, 5) is -0.519. The van der Waals surface area contributed by atoms with Crippen LogP contribution in [0.1, 0.15) is 6.42 Å². The number of halogens is 2. The second kappa shape index (κ2) is 3.27. The highest BCUT2D eigenvalue weighted by Crippen LogP contribution is 2.03. The van der Waals surface area contributed by atoms with Crippen molar-refractivity contribution in [3.63, 3.8) is 0 Å². The molecule has 3 heteroatoms. The Morgan fingerprint density at radius 3 is 2.17 bits per heavy atom. The molecular formula is C3H3Cl2N. The van der Waals surface area contributed by atoms with Crippen LogP contribution in [0.5, 0.6) is 0 Å². The monoisotopic (exact) mass is 123 g/mol. The van der Waals surface area contributed by atoms with Crippen molar-refractivity contribution in [3.8, 4) is 6.07 Å². The zero-order valence-electron chi connectivity index (χ0n) is 2.99. The quantitative estimate of drug-likeness (QED) is 0.488. The molecule has 0 amide bonds. The van der Waals surface area contributed by atoms with Gasteiger partial charge in [0.2, 0.25) is 0 Å². The minimum Gasteiger partial charge on any atom is -0.198 e. The summed E-state index contributed by atoms with van der Waals surface area (Å²) >= 11 is 10.2. The van der Waals surface area contributed by atoms with E-state index in [0.717, 1.165) is 0 Å². The molecule has 0 aromatic carbocycles. The van der Waals surface area contributed by atoms with Crippen LogP contribution in [-0.4, -0.2) is 4.84 Å². The van der Waals surface area contributed by atoms with Gasteiger partial charge in [0.15, 0.2) is 0 Å². The van der Waals surface area contributed by atoms with Crippen LogP contribution in [0.3, 0.4) is 0 Å². The lowest BCUT2D eigenvalue weighted by Crippen LogP contribution is -1.78. The Morgan fingerprint density at radius 2 is 2.17 bits per heavy atom. The number of nitriles is 1. The van der Waals surface area contributed by atoms with Crippen molar-refractivity contribution in [1.29, 1.82) is 5.26 Å². The largest absolute Gasteiger partial charge is 0.198 e. The fourth-order valence-electron chi connectivity index (χ4n) is 0.0690. The predicted octanol–water partition coefficient (Wildman–Crippen LogP) is 1.70. The standard InChI is InChI=1S/C3H3Cl2N/c4-3(5)1-2-6/h3H,1H2. The second-order valence-electron chi connectivity index (χ2n) is 0.753. The van der Waals surface area contributed by atoms with Crippen LogP contribution in [0, 0.1) is 11.3 Å². The Hall–Kier alpha value is 0.0700. The first kappa shape index (κ1) is 6.07. The number of hydrogen-bond donors (Lipinski definition) is 0. The molecule has 0 N–H and O–H groups in total. The van der Waals surface area contributed by atoms with E-state index in [1.54, 1.807) is 6.07 Å². The third kappa shape index (κ3) is 4.07. The Morgan fingerprint density at radius 1 is 1.67 bits per heavy atom. The lowest BCUT2D eigenvalue weighted by atomic mass is 10.6. The summed E-state index contributed by atoms with van der Waals surface area (Å²) in [7, 11) is 0. The molecular weight excluding hydrogens is 121 g/mol. The summed E-state index contributed by atoms with van der Waals surface area (Å²) in [6.45, 7) is 0. The van der Waals surface area contributed by atoms with E-state index in [1.807, 2.05) is 0 Å². The first-order valence-corrected chi connectivity index (χ1v) is 2.29. The summed E-state index contributed by atoms with van der Waals surface area (Å²) in [5.41, 5.74) is 0. The van der Waals surface area contributed by atoms with Crippen molar-refractivity contribution >= 4 is 23.2 Å². The van der Waals surface area contributed by atoms with Gasteiger partial charge >= 0.3 is 0 Å². The maximum atomic E-state index is 7.82. The zero-order chi connectivity index (χ0) is 4.99. The fourth-order valence-corrected chi connectivity index (χ4v) is 0.207. The average Bonchev–Trinajstić information content (AvgIpc) is 1.35. The first-order chi connectivity index (χ1) is 2.77. The molecule has 0 spiro atoms. The Bertz CT molecular complexity index is 63.7. The molecule has 0 radical (unpaired) electrons. The number of nitrogens with zero attached hydrogens (tertiary/aromatic N) is 1. The van der Waals surface area contributed by atoms with Gasteiger partial charge in [-0.15, -0.1) is 23.2 Å². The molecule has 0 saturated heterocycles. The highest BCUT2D eigenvalue weighted by atomic mass is 35.5. The van der Waals surface area contributed by atoms with Crippen molar-refractivity contribution in [3.05, 3.63) is 0 Å². The van der Waals surface area contributed by atoms with E-state index in [2.05, 4.69) is 0 Å². The van der Waals surface area contributed by atoms with E-state index in [0.29, 0.717) is 0 Å². The van der Waals surface area contributed by atoms with Gasteiger partial charge in [-0.05, 0) is 0 Å². The van der Waals surface area contributed by atoms with E-state index in [9.17, 15) is 0 Å². The highest BCUT2D eigenvalue weighted by molar-refractivity contribution is 6.44. The van der Waals surface area contributed by atoms with Gasteiger partial charge < -0.3 is 0 Å². The molecule has 0 atom stereocenters. The van der Waals surface area contributed by atoms with Crippen molar-refractivity contribution in [1.82, 2.24) is 0 Å². The van der Waals surface area contributed by atoms with Gasteiger partial charge in [0.05, 0.1) is 12.5 Å². The molecule has 0 aliphatic heterocycles. The van der Waals surface area contributed by atoms with Gasteiger partial charge in [-0.3, -0.25) is 0 Å². The Kier molecular flexibility index (Phi) is 3.31. The molecule has 0 fully saturated rings. The average molecular weight is 124 g/mol. The smallest absolute Gasteiger partial charge is 0.120 e. The van der Waals surface area contributed by atoms with Crippen LogP contribution in [-0.2, 0) is 0 Å². The Balaban J connectivity index is 2.88. The van der Waals surface area contributed by atoms with E-state index in [1.165, 1.54) is 0 Å². The summed E-state index contributed by atoms with van der Waals surface area (Å²) in [6, 6.07) is 1.80. The third-order valence-electron chi connectivity index (χ3n) is 0.246. The molecule has 0 aromatic rings. The molecule has 0 saturated carbocycles. The SMILES string of the molecule is N#CCC(Cl)Cl. The molecule has 0 aliphatic carbocycles. The minimum atomic E-state index is -0.519. The summed E-state index contributed by atoms with van der Waals surface area (Å²) in [5.74, 6) is 0. The van der Waals surface area contributed by atoms with Crippen molar-refractivity contribution in [2.75, 3.05) is 0 Å². The number of hydrogen-bond acceptors (Lipinski definition) is 1. The molecule has 0 heterocycles. The van der Waals surface area contributed by atoms with Crippen LogP contribution in [0.15, 0.2) is 0 Å². The molecule has 0 bridgehead atoms. The second-order valence-corrected chi connectivity index (χ2v) is 2.03. The molecule has 0 aromatic heterocycles. The summed E-state index contributed by atoms with van der Waals surface area (Å²) in [5, 5.41) is 7.82. The van der Waals surface area contributed by atoms with Crippen molar-refractivity contribution < 1.29 is 0 Å². The number of alkyl halides is 2. The number of rotatable bonds is 1. The lowest BCUT2D eigenvalue weighted by Gasteiger charge is -1.82. The van der Waals surface area contributed by atoms with Crippen LogP contribution in [0.25, 0.3) is 0 Å². The van der Waals surface area contributed by atoms with Crippen molar-refractivity contribution in [2.45, 2.75) is 11.3 Å². The van der Waals surface area contributed by atoms with E-state index in [4.69, 9.17) is 28.5 Å². The molecule has 6 heavy (non-hydrogen) atoms. The molecule has 0 unspecified atom stereocenters. The highest BCUT2D eigenvalue weighted by Gasteiger charge is 1.91. The topological polar surface area (TPSA) is 23.8 Å². The normalized spacial score (nSPS) is 8.33. The van der Waals surface area contributed by atoms with Gasteiger partial charge in [-0.2, -0.15) is 5.26 Å². The molecule has 1 nitrogen and oxygen atoms in total.